The third-order valence-electron chi connectivity index (χ3n) is 3.37. The average Bonchev–Trinajstić information content (AvgIpc) is 2.49. The number of ether oxygens (including phenoxy) is 1. The number of hydrogen-bond acceptors (Lipinski definition) is 5. The van der Waals surface area contributed by atoms with Gasteiger partial charge in [0, 0.05) is 13.1 Å². The van der Waals surface area contributed by atoms with Gasteiger partial charge in [-0.25, -0.2) is 8.78 Å². The van der Waals surface area contributed by atoms with Gasteiger partial charge in [0.25, 0.3) is 0 Å². The van der Waals surface area contributed by atoms with Gasteiger partial charge in [-0.2, -0.15) is 9.59 Å². The molecule has 0 unspecified atom stereocenters. The van der Waals surface area contributed by atoms with Crippen molar-refractivity contribution in [3.63, 3.8) is 0 Å². The van der Waals surface area contributed by atoms with E-state index in [9.17, 15) is 13.6 Å². The number of hydrogen-bond donors (Lipinski definition) is 0. The molecule has 1 saturated heterocycles. The van der Waals surface area contributed by atoms with Gasteiger partial charge in [-0.15, -0.1) is 0 Å². The molecule has 1 aliphatic heterocycles. The molecule has 0 amide bonds. The zero-order valence-electron chi connectivity index (χ0n) is 12.2. The van der Waals surface area contributed by atoms with E-state index in [4.69, 9.17) is 14.3 Å². The summed E-state index contributed by atoms with van der Waals surface area (Å²) in [6.07, 6.45) is 1.37. The van der Waals surface area contributed by atoms with Crippen LogP contribution < -0.4 is 4.90 Å². The molecule has 1 aromatic carbocycles. The molecule has 1 aliphatic rings. The number of esters is 1. The summed E-state index contributed by atoms with van der Waals surface area (Å²) in [5.41, 5.74) is 0.00445. The van der Waals surface area contributed by atoms with Crippen molar-refractivity contribution in [2.24, 2.45) is 5.92 Å². The third-order valence-corrected chi connectivity index (χ3v) is 3.37. The summed E-state index contributed by atoms with van der Waals surface area (Å²) in [4.78, 5) is 29.5. The van der Waals surface area contributed by atoms with E-state index < -0.39 is 11.6 Å². The molecule has 7 heteroatoms. The minimum atomic E-state index is -0.561. The Labute approximate surface area is 126 Å². The first-order valence-corrected chi connectivity index (χ1v) is 6.90. The summed E-state index contributed by atoms with van der Waals surface area (Å²) in [6.45, 7) is 3.05. The second-order valence-corrected chi connectivity index (χ2v) is 4.67. The number of carbonyl (C=O) groups excluding carboxylic acids is 3. The fourth-order valence-corrected chi connectivity index (χ4v) is 2.39. The van der Waals surface area contributed by atoms with Crippen LogP contribution in [0.3, 0.4) is 0 Å². The molecule has 0 saturated carbocycles. The molecule has 0 bridgehead atoms. The number of halogens is 2. The first kappa shape index (κ1) is 17.8. The molecule has 0 aliphatic carbocycles. The van der Waals surface area contributed by atoms with Crippen molar-refractivity contribution in [1.82, 2.24) is 0 Å². The van der Waals surface area contributed by atoms with E-state index in [1.54, 1.807) is 11.8 Å². The molecule has 0 spiro atoms. The molecule has 1 heterocycles. The maximum absolute atomic E-state index is 13.6. The topological polar surface area (TPSA) is 63.7 Å². The molecule has 120 valence electrons. The van der Waals surface area contributed by atoms with Crippen LogP contribution in [0.15, 0.2) is 18.2 Å². The Bertz CT molecular complexity index is 516. The van der Waals surface area contributed by atoms with Crippen molar-refractivity contribution in [2.75, 3.05) is 24.6 Å². The summed E-state index contributed by atoms with van der Waals surface area (Å²) >= 11 is 0. The minimum absolute atomic E-state index is 0.00445. The SMILES string of the molecule is CCOC(=O)C1CCN(c2c(F)cccc2F)CC1.O=C=O. The van der Waals surface area contributed by atoms with Crippen molar-refractivity contribution in [3.05, 3.63) is 29.8 Å². The summed E-state index contributed by atoms with van der Waals surface area (Å²) in [6, 6.07) is 3.84. The molecule has 1 aromatic rings. The van der Waals surface area contributed by atoms with Crippen LogP contribution in [0.2, 0.25) is 0 Å². The van der Waals surface area contributed by atoms with Crippen LogP contribution in [-0.4, -0.2) is 31.8 Å². The quantitative estimate of drug-likeness (QED) is 0.800. The van der Waals surface area contributed by atoms with Gasteiger partial charge in [0.2, 0.25) is 0 Å². The first-order chi connectivity index (χ1) is 10.5. The summed E-state index contributed by atoms with van der Waals surface area (Å²) < 4.78 is 32.2. The minimum Gasteiger partial charge on any atom is -0.466 e. The Morgan fingerprint density at radius 2 is 1.77 bits per heavy atom. The van der Waals surface area contributed by atoms with E-state index >= 15 is 0 Å². The van der Waals surface area contributed by atoms with Crippen LogP contribution in [0.1, 0.15) is 19.8 Å². The summed E-state index contributed by atoms with van der Waals surface area (Å²) in [5, 5.41) is 0. The molecule has 5 nitrogen and oxygen atoms in total. The third kappa shape index (κ3) is 4.63. The van der Waals surface area contributed by atoms with Crippen LogP contribution >= 0.6 is 0 Å². The Hall–Kier alpha value is -2.27. The lowest BCUT2D eigenvalue weighted by Gasteiger charge is -2.32. The molecular weight excluding hydrogens is 296 g/mol. The second-order valence-electron chi connectivity index (χ2n) is 4.67. The van der Waals surface area contributed by atoms with Gasteiger partial charge in [0.15, 0.2) is 0 Å². The lowest BCUT2D eigenvalue weighted by Crippen LogP contribution is -2.37. The van der Waals surface area contributed by atoms with Crippen LogP contribution in [0.25, 0.3) is 0 Å². The van der Waals surface area contributed by atoms with Gasteiger partial charge in [0.1, 0.15) is 17.3 Å². The number of benzene rings is 1. The van der Waals surface area contributed by atoms with E-state index in [1.807, 2.05) is 0 Å². The predicted molar refractivity (Wildman–Crippen MR) is 72.9 cm³/mol. The van der Waals surface area contributed by atoms with Crippen molar-refractivity contribution in [1.29, 1.82) is 0 Å². The van der Waals surface area contributed by atoms with E-state index in [1.165, 1.54) is 18.2 Å². The second kappa shape index (κ2) is 8.89. The normalized spacial score (nSPS) is 14.6. The molecular formula is C15H17F2NO4. The highest BCUT2D eigenvalue weighted by Gasteiger charge is 2.28. The highest BCUT2D eigenvalue weighted by Crippen LogP contribution is 2.28. The van der Waals surface area contributed by atoms with Crippen LogP contribution in [0.4, 0.5) is 14.5 Å². The lowest BCUT2D eigenvalue weighted by molar-refractivity contribution is -0.191. The largest absolute Gasteiger partial charge is 0.466 e. The molecule has 2 rings (SSSR count). The number of para-hydroxylation sites is 1. The average molecular weight is 313 g/mol. The van der Waals surface area contributed by atoms with Crippen LogP contribution in [0.5, 0.6) is 0 Å². The van der Waals surface area contributed by atoms with E-state index in [0.29, 0.717) is 32.5 Å². The van der Waals surface area contributed by atoms with Gasteiger partial charge in [-0.3, -0.25) is 4.79 Å². The van der Waals surface area contributed by atoms with Crippen LogP contribution in [-0.2, 0) is 19.1 Å². The molecule has 0 N–H and O–H groups in total. The van der Waals surface area contributed by atoms with Crippen molar-refractivity contribution in [2.45, 2.75) is 19.8 Å². The highest BCUT2D eigenvalue weighted by atomic mass is 19.1. The maximum atomic E-state index is 13.6. The number of piperidine rings is 1. The standard InChI is InChI=1S/C14H17F2NO2.CO2/c1-2-19-14(18)10-6-8-17(9-7-10)13-11(15)4-3-5-12(13)16;2-1-3/h3-5,10H,2,6-9H2,1H3;. The molecule has 22 heavy (non-hydrogen) atoms. The number of carbonyl (C=O) groups is 1. The first-order valence-electron chi connectivity index (χ1n) is 6.90. The zero-order valence-corrected chi connectivity index (χ0v) is 12.2. The number of rotatable bonds is 3. The number of nitrogens with zero attached hydrogens (tertiary/aromatic N) is 1. The number of anilines is 1. The molecule has 0 radical (unpaired) electrons. The summed E-state index contributed by atoms with van der Waals surface area (Å²) in [7, 11) is 0. The molecule has 0 atom stereocenters. The Kier molecular flexibility index (Phi) is 7.19. The monoisotopic (exact) mass is 313 g/mol. The van der Waals surface area contributed by atoms with Gasteiger partial charge in [0.05, 0.1) is 12.5 Å². The fourth-order valence-electron chi connectivity index (χ4n) is 2.39. The zero-order chi connectivity index (χ0) is 16.5. The highest BCUT2D eigenvalue weighted by molar-refractivity contribution is 5.72. The van der Waals surface area contributed by atoms with Crippen molar-refractivity contribution in [3.8, 4) is 0 Å². The van der Waals surface area contributed by atoms with E-state index in [2.05, 4.69) is 0 Å². The summed E-state index contributed by atoms with van der Waals surface area (Å²) in [5.74, 6) is -1.49. The Morgan fingerprint density at radius 3 is 2.23 bits per heavy atom. The van der Waals surface area contributed by atoms with Gasteiger partial charge in [-0.05, 0) is 31.9 Å². The maximum Gasteiger partial charge on any atom is 0.373 e. The van der Waals surface area contributed by atoms with Gasteiger partial charge in [-0.1, -0.05) is 6.07 Å². The van der Waals surface area contributed by atoms with Crippen molar-refractivity contribution < 1.29 is 27.9 Å². The fraction of sp³-hybridized carbons (Fsp3) is 0.467. The smallest absolute Gasteiger partial charge is 0.373 e. The van der Waals surface area contributed by atoms with Crippen LogP contribution in [0, 0.1) is 17.6 Å². The Morgan fingerprint density at radius 1 is 1.27 bits per heavy atom. The lowest BCUT2D eigenvalue weighted by atomic mass is 9.96. The molecule has 1 fully saturated rings. The predicted octanol–water partition coefficient (Wildman–Crippen LogP) is 2.16. The van der Waals surface area contributed by atoms with E-state index in [0.717, 1.165) is 0 Å². The van der Waals surface area contributed by atoms with Gasteiger partial charge >= 0.3 is 12.1 Å². The molecule has 0 aromatic heterocycles. The van der Waals surface area contributed by atoms with Crippen molar-refractivity contribution >= 4 is 17.8 Å². The Balaban J connectivity index is 0.000000745. The van der Waals surface area contributed by atoms with E-state index in [-0.39, 0.29) is 23.7 Å². The van der Waals surface area contributed by atoms with Gasteiger partial charge < -0.3 is 9.64 Å².